The van der Waals surface area contributed by atoms with Crippen molar-refractivity contribution < 1.29 is 19.1 Å². The number of nitrogens with zero attached hydrogens (tertiary/aromatic N) is 2. The number of hydrogen-bond donors (Lipinski definition) is 0. The van der Waals surface area contributed by atoms with Crippen molar-refractivity contribution in [1.82, 2.24) is 4.90 Å². The lowest BCUT2D eigenvalue weighted by Crippen LogP contribution is -2.52. The van der Waals surface area contributed by atoms with E-state index in [1.54, 1.807) is 43.0 Å². The quantitative estimate of drug-likeness (QED) is 0.758. The first-order valence-electron chi connectivity index (χ1n) is 7.33. The monoisotopic (exact) mass is 334 g/mol. The molecule has 122 valence electrons. The first kappa shape index (κ1) is 17.2. The van der Waals surface area contributed by atoms with Crippen LogP contribution in [0.4, 0.5) is 0 Å². The first-order valence-corrected chi connectivity index (χ1v) is 8.48. The first-order chi connectivity index (χ1) is 11.2. The molecule has 23 heavy (non-hydrogen) atoms. The SMILES string of the molecule is CCOC(=O)C1CSCCN1C(=O)COc1ccccc1C#N. The van der Waals surface area contributed by atoms with E-state index in [0.29, 0.717) is 23.6 Å². The minimum Gasteiger partial charge on any atom is -0.482 e. The molecule has 1 aliphatic heterocycles. The van der Waals surface area contributed by atoms with Crippen LogP contribution in [-0.4, -0.2) is 54.1 Å². The van der Waals surface area contributed by atoms with Crippen molar-refractivity contribution in [3.8, 4) is 11.8 Å². The highest BCUT2D eigenvalue weighted by molar-refractivity contribution is 7.99. The Morgan fingerprint density at radius 2 is 2.22 bits per heavy atom. The van der Waals surface area contributed by atoms with Gasteiger partial charge in [0.25, 0.3) is 5.91 Å². The van der Waals surface area contributed by atoms with Gasteiger partial charge in [-0.15, -0.1) is 0 Å². The van der Waals surface area contributed by atoms with Crippen molar-refractivity contribution >= 4 is 23.6 Å². The van der Waals surface area contributed by atoms with E-state index in [4.69, 9.17) is 14.7 Å². The number of nitriles is 1. The summed E-state index contributed by atoms with van der Waals surface area (Å²) in [6, 6.07) is 8.17. The number of esters is 1. The molecule has 0 radical (unpaired) electrons. The second-order valence-corrected chi connectivity index (χ2v) is 5.98. The molecule has 0 N–H and O–H groups in total. The summed E-state index contributed by atoms with van der Waals surface area (Å²) in [6.07, 6.45) is 0. The summed E-state index contributed by atoms with van der Waals surface area (Å²) >= 11 is 1.62. The van der Waals surface area contributed by atoms with Gasteiger partial charge in [-0.05, 0) is 19.1 Å². The van der Waals surface area contributed by atoms with Crippen LogP contribution >= 0.6 is 11.8 Å². The third-order valence-corrected chi connectivity index (χ3v) is 4.39. The van der Waals surface area contributed by atoms with E-state index in [1.807, 2.05) is 6.07 Å². The molecule has 0 aromatic heterocycles. The van der Waals surface area contributed by atoms with Crippen LogP contribution in [0.5, 0.6) is 5.75 Å². The van der Waals surface area contributed by atoms with Gasteiger partial charge in [0.1, 0.15) is 17.9 Å². The van der Waals surface area contributed by atoms with Gasteiger partial charge in [-0.1, -0.05) is 12.1 Å². The molecule has 6 nitrogen and oxygen atoms in total. The summed E-state index contributed by atoms with van der Waals surface area (Å²) in [6.45, 7) is 2.30. The van der Waals surface area contributed by atoms with Gasteiger partial charge < -0.3 is 14.4 Å². The van der Waals surface area contributed by atoms with Gasteiger partial charge in [-0.25, -0.2) is 4.79 Å². The predicted molar refractivity (Wildman–Crippen MR) is 86.1 cm³/mol. The van der Waals surface area contributed by atoms with Crippen molar-refractivity contribution in [2.75, 3.05) is 31.3 Å². The number of carbonyl (C=O) groups excluding carboxylic acids is 2. The summed E-state index contributed by atoms with van der Waals surface area (Å²) in [4.78, 5) is 25.9. The molecule has 0 bridgehead atoms. The standard InChI is InChI=1S/C16H18N2O4S/c1-2-21-16(20)13-11-23-8-7-18(13)15(19)10-22-14-6-4-3-5-12(14)9-17/h3-6,13H,2,7-8,10-11H2,1H3. The highest BCUT2D eigenvalue weighted by Gasteiger charge is 2.33. The van der Waals surface area contributed by atoms with E-state index in [1.165, 1.54) is 4.90 Å². The normalized spacial score (nSPS) is 17.2. The number of carbonyl (C=O) groups is 2. The molecular weight excluding hydrogens is 316 g/mol. The largest absolute Gasteiger partial charge is 0.482 e. The second kappa shape index (κ2) is 8.44. The number of benzene rings is 1. The Labute approximate surface area is 139 Å². The molecule has 0 spiro atoms. The van der Waals surface area contributed by atoms with Crippen LogP contribution in [0.15, 0.2) is 24.3 Å². The van der Waals surface area contributed by atoms with E-state index >= 15 is 0 Å². The number of hydrogen-bond acceptors (Lipinski definition) is 6. The molecule has 0 aliphatic carbocycles. The molecule has 1 aliphatic rings. The van der Waals surface area contributed by atoms with Crippen LogP contribution in [0.2, 0.25) is 0 Å². The topological polar surface area (TPSA) is 79.6 Å². The minimum atomic E-state index is -0.573. The number of amides is 1. The van der Waals surface area contributed by atoms with E-state index in [0.717, 1.165) is 5.75 Å². The van der Waals surface area contributed by atoms with Gasteiger partial charge in [0.15, 0.2) is 6.61 Å². The molecular formula is C16H18N2O4S. The van der Waals surface area contributed by atoms with Gasteiger partial charge >= 0.3 is 5.97 Å². The molecule has 2 rings (SSSR count). The van der Waals surface area contributed by atoms with Gasteiger partial charge in [-0.3, -0.25) is 4.79 Å². The molecule has 1 fully saturated rings. The van der Waals surface area contributed by atoms with Crippen molar-refractivity contribution in [3.05, 3.63) is 29.8 Å². The zero-order valence-electron chi connectivity index (χ0n) is 12.9. The van der Waals surface area contributed by atoms with Crippen molar-refractivity contribution in [3.63, 3.8) is 0 Å². The molecule has 1 aromatic carbocycles. The Morgan fingerprint density at radius 3 is 2.96 bits per heavy atom. The van der Waals surface area contributed by atoms with Gasteiger partial charge in [0.2, 0.25) is 0 Å². The molecule has 1 amide bonds. The lowest BCUT2D eigenvalue weighted by atomic mass is 10.2. The Balaban J connectivity index is 2.00. The second-order valence-electron chi connectivity index (χ2n) is 4.83. The van der Waals surface area contributed by atoms with Crippen LogP contribution in [0.3, 0.4) is 0 Å². The van der Waals surface area contributed by atoms with Gasteiger partial charge in [0.05, 0.1) is 12.2 Å². The van der Waals surface area contributed by atoms with Crippen LogP contribution in [-0.2, 0) is 14.3 Å². The summed E-state index contributed by atoms with van der Waals surface area (Å²) in [5.41, 5.74) is 0.372. The Kier molecular flexibility index (Phi) is 6.29. The third-order valence-electron chi connectivity index (χ3n) is 3.37. The van der Waals surface area contributed by atoms with Crippen molar-refractivity contribution in [1.29, 1.82) is 5.26 Å². The molecule has 1 aromatic rings. The third kappa shape index (κ3) is 4.39. The summed E-state index contributed by atoms with van der Waals surface area (Å²) in [7, 11) is 0. The van der Waals surface area contributed by atoms with Crippen molar-refractivity contribution in [2.45, 2.75) is 13.0 Å². The molecule has 1 unspecified atom stereocenters. The average Bonchev–Trinajstić information content (AvgIpc) is 2.60. The molecule has 1 heterocycles. The minimum absolute atomic E-state index is 0.209. The van der Waals surface area contributed by atoms with Gasteiger partial charge in [0, 0.05) is 18.1 Å². The predicted octanol–water partition coefficient (Wildman–Crippen LogP) is 1.44. The number of rotatable bonds is 5. The lowest BCUT2D eigenvalue weighted by Gasteiger charge is -2.33. The number of ether oxygens (including phenoxy) is 2. The van der Waals surface area contributed by atoms with Crippen molar-refractivity contribution in [2.24, 2.45) is 0 Å². The summed E-state index contributed by atoms with van der Waals surface area (Å²) in [5, 5.41) is 9.02. The highest BCUT2D eigenvalue weighted by Crippen LogP contribution is 2.20. The molecule has 1 atom stereocenters. The van der Waals surface area contributed by atoms with Crippen LogP contribution in [0.25, 0.3) is 0 Å². The fourth-order valence-corrected chi connectivity index (χ4v) is 3.27. The maximum absolute atomic E-state index is 12.4. The van der Waals surface area contributed by atoms with Crippen LogP contribution < -0.4 is 4.74 Å². The fourth-order valence-electron chi connectivity index (χ4n) is 2.24. The van der Waals surface area contributed by atoms with E-state index in [9.17, 15) is 9.59 Å². The summed E-state index contributed by atoms with van der Waals surface area (Å²) < 4.78 is 10.5. The molecule has 1 saturated heterocycles. The lowest BCUT2D eigenvalue weighted by molar-refractivity contribution is -0.154. The van der Waals surface area contributed by atoms with Crippen LogP contribution in [0.1, 0.15) is 12.5 Å². The van der Waals surface area contributed by atoms with Gasteiger partial charge in [-0.2, -0.15) is 17.0 Å². The van der Waals surface area contributed by atoms with E-state index in [-0.39, 0.29) is 25.1 Å². The van der Waals surface area contributed by atoms with E-state index < -0.39 is 6.04 Å². The smallest absolute Gasteiger partial charge is 0.329 e. The number of thioether (sulfide) groups is 1. The number of para-hydroxylation sites is 1. The van der Waals surface area contributed by atoms with E-state index in [2.05, 4.69) is 0 Å². The molecule has 0 saturated carbocycles. The molecule has 7 heteroatoms. The maximum atomic E-state index is 12.4. The maximum Gasteiger partial charge on any atom is 0.329 e. The fraction of sp³-hybridized carbons (Fsp3) is 0.438. The van der Waals surface area contributed by atoms with Crippen LogP contribution in [0, 0.1) is 11.3 Å². The summed E-state index contributed by atoms with van der Waals surface area (Å²) in [5.74, 6) is 1.000. The Hall–Kier alpha value is -2.20. The zero-order valence-corrected chi connectivity index (χ0v) is 13.7. The average molecular weight is 334 g/mol. The zero-order chi connectivity index (χ0) is 16.7. The Bertz CT molecular complexity index is 614. The highest BCUT2D eigenvalue weighted by atomic mass is 32.2. The Morgan fingerprint density at radius 1 is 1.43 bits per heavy atom.